The highest BCUT2D eigenvalue weighted by molar-refractivity contribution is 6.26. The largest absolute Gasteiger partial charge is 0.309 e. The van der Waals surface area contributed by atoms with Crippen LogP contribution in [0, 0.1) is 0 Å². The maximum Gasteiger partial charge on any atom is 0.0547 e. The van der Waals surface area contributed by atoms with E-state index in [1.54, 1.807) is 0 Å². The Morgan fingerprint density at radius 3 is 1.40 bits per heavy atom. The lowest BCUT2D eigenvalue weighted by atomic mass is 9.92. The summed E-state index contributed by atoms with van der Waals surface area (Å²) in [6.07, 6.45) is 0. The monoisotopic (exact) mass is 545 g/mol. The first-order valence-electron chi connectivity index (χ1n) is 14.9. The van der Waals surface area contributed by atoms with Gasteiger partial charge >= 0.3 is 0 Å². The van der Waals surface area contributed by atoms with Crippen LogP contribution < -0.4 is 0 Å². The highest BCUT2D eigenvalue weighted by Gasteiger charge is 2.16. The van der Waals surface area contributed by atoms with Crippen molar-refractivity contribution in [3.63, 3.8) is 0 Å². The summed E-state index contributed by atoms with van der Waals surface area (Å²) in [5.41, 5.74) is 8.53. The smallest absolute Gasteiger partial charge is 0.0547 e. The van der Waals surface area contributed by atoms with Gasteiger partial charge in [-0.05, 0) is 84.9 Å². The van der Waals surface area contributed by atoms with E-state index in [0.717, 1.165) is 0 Å². The number of hydrogen-bond donors (Lipinski definition) is 0. The van der Waals surface area contributed by atoms with Crippen molar-refractivity contribution in [2.24, 2.45) is 0 Å². The molecule has 8 aromatic carbocycles. The zero-order valence-corrected chi connectivity index (χ0v) is 23.5. The summed E-state index contributed by atoms with van der Waals surface area (Å²) >= 11 is 0. The molecule has 0 amide bonds. The lowest BCUT2D eigenvalue weighted by Gasteiger charge is -2.15. The van der Waals surface area contributed by atoms with Gasteiger partial charge in [0, 0.05) is 16.5 Å². The van der Waals surface area contributed by atoms with E-state index in [0.29, 0.717) is 0 Å². The molecule has 1 nitrogen and oxygen atoms in total. The van der Waals surface area contributed by atoms with E-state index in [2.05, 4.69) is 168 Å². The molecule has 0 N–H and O–H groups in total. The van der Waals surface area contributed by atoms with Crippen molar-refractivity contribution in [2.45, 2.75) is 0 Å². The fourth-order valence-corrected chi connectivity index (χ4v) is 6.95. The lowest BCUT2D eigenvalue weighted by molar-refractivity contribution is 1.19. The van der Waals surface area contributed by atoms with E-state index in [9.17, 15) is 0 Å². The molecule has 0 saturated heterocycles. The topological polar surface area (TPSA) is 4.93 Å². The van der Waals surface area contributed by atoms with Crippen molar-refractivity contribution < 1.29 is 0 Å². The standard InChI is InChI=1S/C42H27N/c1-3-11-28(12-4-1)30-19-22-35-33-15-7-8-16-34(33)36-24-21-32(27-40(36)39(35)25-30)43-41-18-10-9-17-37(41)38-23-20-31(26-42(38)43)29-13-5-2-6-14-29/h1-27H. The summed E-state index contributed by atoms with van der Waals surface area (Å²) in [5.74, 6) is 0. The summed E-state index contributed by atoms with van der Waals surface area (Å²) in [7, 11) is 0. The molecule has 1 aromatic heterocycles. The van der Waals surface area contributed by atoms with Gasteiger partial charge in [-0.1, -0.05) is 133 Å². The molecule has 0 radical (unpaired) electrons. The van der Waals surface area contributed by atoms with Crippen LogP contribution in [0.2, 0.25) is 0 Å². The molecule has 1 heteroatoms. The number of fused-ring (bicyclic) bond motifs is 9. The minimum absolute atomic E-state index is 1.17. The third kappa shape index (κ3) is 3.72. The number of hydrogen-bond acceptors (Lipinski definition) is 0. The van der Waals surface area contributed by atoms with Crippen LogP contribution in [-0.2, 0) is 0 Å². The van der Waals surface area contributed by atoms with Gasteiger partial charge in [0.1, 0.15) is 0 Å². The molecule has 0 fully saturated rings. The highest BCUT2D eigenvalue weighted by Crippen LogP contribution is 2.40. The van der Waals surface area contributed by atoms with Gasteiger partial charge < -0.3 is 4.57 Å². The zero-order valence-electron chi connectivity index (χ0n) is 23.5. The van der Waals surface area contributed by atoms with Crippen molar-refractivity contribution in [1.29, 1.82) is 0 Å². The molecule has 0 spiro atoms. The third-order valence-electron chi connectivity index (χ3n) is 8.97. The van der Waals surface area contributed by atoms with Gasteiger partial charge in [-0.15, -0.1) is 0 Å². The Hall–Kier alpha value is -5.66. The van der Waals surface area contributed by atoms with E-state index in [4.69, 9.17) is 0 Å². The second kappa shape index (κ2) is 9.44. The van der Waals surface area contributed by atoms with Crippen LogP contribution in [0.4, 0.5) is 0 Å². The van der Waals surface area contributed by atoms with Crippen molar-refractivity contribution in [1.82, 2.24) is 4.57 Å². The molecular formula is C42H27N. The molecule has 0 atom stereocenters. The van der Waals surface area contributed by atoms with Gasteiger partial charge in [0.25, 0.3) is 0 Å². The number of aromatic nitrogens is 1. The van der Waals surface area contributed by atoms with E-state index < -0.39 is 0 Å². The maximum absolute atomic E-state index is 2.44. The van der Waals surface area contributed by atoms with Gasteiger partial charge in [-0.25, -0.2) is 0 Å². The Balaban J connectivity index is 1.37. The van der Waals surface area contributed by atoms with Gasteiger partial charge in [-0.2, -0.15) is 0 Å². The molecule has 0 aliphatic carbocycles. The van der Waals surface area contributed by atoms with Crippen LogP contribution in [-0.4, -0.2) is 4.57 Å². The third-order valence-corrected chi connectivity index (χ3v) is 8.97. The van der Waals surface area contributed by atoms with E-state index in [-0.39, 0.29) is 0 Å². The molecule has 0 aliphatic rings. The first-order valence-corrected chi connectivity index (χ1v) is 14.9. The molecule has 1 heterocycles. The minimum atomic E-state index is 1.17. The van der Waals surface area contributed by atoms with E-state index in [1.165, 1.54) is 82.1 Å². The van der Waals surface area contributed by atoms with E-state index in [1.807, 2.05) is 0 Å². The van der Waals surface area contributed by atoms with Crippen LogP contribution in [0.5, 0.6) is 0 Å². The first-order chi connectivity index (χ1) is 21.3. The number of nitrogens with zero attached hydrogens (tertiary/aromatic N) is 1. The number of benzene rings is 8. The Kier molecular flexibility index (Phi) is 5.27. The van der Waals surface area contributed by atoms with E-state index >= 15 is 0 Å². The molecule has 43 heavy (non-hydrogen) atoms. The Morgan fingerprint density at radius 2 is 0.721 bits per heavy atom. The Morgan fingerprint density at radius 1 is 0.256 bits per heavy atom. The predicted octanol–water partition coefficient (Wildman–Crippen LogP) is 11.6. The molecule has 0 saturated carbocycles. The number of rotatable bonds is 3. The maximum atomic E-state index is 2.44. The fourth-order valence-electron chi connectivity index (χ4n) is 6.95. The van der Waals surface area contributed by atoms with Crippen molar-refractivity contribution >= 4 is 54.1 Å². The lowest BCUT2D eigenvalue weighted by Crippen LogP contribution is -1.95. The quantitative estimate of drug-likeness (QED) is 0.195. The van der Waals surface area contributed by atoms with Gasteiger partial charge in [-0.3, -0.25) is 0 Å². The SMILES string of the molecule is c1ccc(-c2ccc3c4ccccc4c4ccc(-n5c6ccccc6c6ccc(-c7ccccc7)cc65)cc4c3c2)cc1. The second-order valence-corrected chi connectivity index (χ2v) is 11.4. The van der Waals surface area contributed by atoms with Crippen LogP contribution in [0.1, 0.15) is 0 Å². The highest BCUT2D eigenvalue weighted by atomic mass is 15.0. The Bertz CT molecular complexity index is 2480. The zero-order chi connectivity index (χ0) is 28.3. The van der Waals surface area contributed by atoms with Gasteiger partial charge in [0.15, 0.2) is 0 Å². The number of para-hydroxylation sites is 1. The molecule has 9 rings (SSSR count). The molecule has 9 aromatic rings. The normalized spacial score (nSPS) is 11.7. The molecule has 200 valence electrons. The summed E-state index contributed by atoms with van der Waals surface area (Å²) in [6.45, 7) is 0. The van der Waals surface area contributed by atoms with Gasteiger partial charge in [0.2, 0.25) is 0 Å². The van der Waals surface area contributed by atoms with Gasteiger partial charge in [0.05, 0.1) is 11.0 Å². The summed E-state index contributed by atoms with van der Waals surface area (Å²) in [6, 6.07) is 59.8. The second-order valence-electron chi connectivity index (χ2n) is 11.4. The molecular weight excluding hydrogens is 518 g/mol. The average molecular weight is 546 g/mol. The van der Waals surface area contributed by atoms with Crippen molar-refractivity contribution in [3.8, 4) is 27.9 Å². The van der Waals surface area contributed by atoms with Crippen LogP contribution >= 0.6 is 0 Å². The molecule has 0 bridgehead atoms. The van der Waals surface area contributed by atoms with Crippen LogP contribution in [0.25, 0.3) is 82.1 Å². The molecule has 0 aliphatic heterocycles. The van der Waals surface area contributed by atoms with Crippen LogP contribution in [0.15, 0.2) is 164 Å². The summed E-state index contributed by atoms with van der Waals surface area (Å²) < 4.78 is 2.44. The summed E-state index contributed by atoms with van der Waals surface area (Å²) in [5, 5.41) is 10.2. The average Bonchev–Trinajstić information content (AvgIpc) is 3.42. The van der Waals surface area contributed by atoms with Crippen molar-refractivity contribution in [3.05, 3.63) is 164 Å². The predicted molar refractivity (Wildman–Crippen MR) is 184 cm³/mol. The Labute approximate surface area is 249 Å². The summed E-state index contributed by atoms with van der Waals surface area (Å²) in [4.78, 5) is 0. The first kappa shape index (κ1) is 24.0. The fraction of sp³-hybridized carbons (Fsp3) is 0. The van der Waals surface area contributed by atoms with Crippen LogP contribution in [0.3, 0.4) is 0 Å². The molecule has 0 unspecified atom stereocenters. The van der Waals surface area contributed by atoms with Crippen molar-refractivity contribution in [2.75, 3.05) is 0 Å². The minimum Gasteiger partial charge on any atom is -0.309 e.